The molecule has 0 aromatic carbocycles. The summed E-state index contributed by atoms with van der Waals surface area (Å²) in [6.45, 7) is 14.1. The number of ether oxygens (including phenoxy) is 1. The number of aromatic nitrogens is 4. The van der Waals surface area contributed by atoms with Crippen LogP contribution in [0.3, 0.4) is 0 Å². The minimum absolute atomic E-state index is 0.109. The van der Waals surface area contributed by atoms with Crippen LogP contribution in [0.2, 0.25) is 0 Å². The van der Waals surface area contributed by atoms with Crippen molar-refractivity contribution in [3.05, 3.63) is 30.1 Å². The second kappa shape index (κ2) is 8.84. The van der Waals surface area contributed by atoms with Gasteiger partial charge in [-0.15, -0.1) is 0 Å². The second-order valence-electron chi connectivity index (χ2n) is 9.77. The Labute approximate surface area is 179 Å². The standard InChI is InChI=1S/C23H35N5O2/c1-7-10-27(6)20(29)18-14-24-13-17(25-18)19-15-28(21(26-19)22(2,3)4)16-23(5)8-11-30-12-9-23/h13-15H,7-12,16H2,1-6H3. The summed E-state index contributed by atoms with van der Waals surface area (Å²) in [6.07, 6.45) is 8.26. The highest BCUT2D eigenvalue weighted by atomic mass is 16.5. The second-order valence-corrected chi connectivity index (χ2v) is 9.77. The fraction of sp³-hybridized carbons (Fsp3) is 0.652. The van der Waals surface area contributed by atoms with Gasteiger partial charge in [-0.1, -0.05) is 34.6 Å². The minimum Gasteiger partial charge on any atom is -0.381 e. The molecule has 30 heavy (non-hydrogen) atoms. The van der Waals surface area contributed by atoms with E-state index in [1.54, 1.807) is 18.1 Å². The Hall–Kier alpha value is -2.28. The van der Waals surface area contributed by atoms with E-state index >= 15 is 0 Å². The summed E-state index contributed by atoms with van der Waals surface area (Å²) in [5.41, 5.74) is 1.82. The summed E-state index contributed by atoms with van der Waals surface area (Å²) in [6, 6.07) is 0. The van der Waals surface area contributed by atoms with Crippen LogP contribution in [0.4, 0.5) is 0 Å². The van der Waals surface area contributed by atoms with Gasteiger partial charge < -0.3 is 14.2 Å². The molecule has 7 heteroatoms. The summed E-state index contributed by atoms with van der Waals surface area (Å²) < 4.78 is 7.83. The van der Waals surface area contributed by atoms with E-state index in [9.17, 15) is 4.79 Å². The van der Waals surface area contributed by atoms with Gasteiger partial charge in [0.2, 0.25) is 0 Å². The SMILES string of the molecule is CCCN(C)C(=O)c1cncc(-c2cn(CC3(C)CCOCC3)c(C(C)(C)C)n2)n1. The van der Waals surface area contributed by atoms with Crippen LogP contribution in [-0.4, -0.2) is 57.1 Å². The van der Waals surface area contributed by atoms with E-state index in [1.165, 1.54) is 6.20 Å². The summed E-state index contributed by atoms with van der Waals surface area (Å²) in [7, 11) is 1.79. The molecule has 0 N–H and O–H groups in total. The lowest BCUT2D eigenvalue weighted by Gasteiger charge is -2.35. The molecule has 0 aliphatic carbocycles. The fourth-order valence-electron chi connectivity index (χ4n) is 3.92. The molecule has 1 fully saturated rings. The van der Waals surface area contributed by atoms with Crippen molar-refractivity contribution in [2.75, 3.05) is 26.8 Å². The lowest BCUT2D eigenvalue weighted by molar-refractivity contribution is 0.0148. The summed E-state index contributed by atoms with van der Waals surface area (Å²) in [5, 5.41) is 0. The molecule has 0 saturated carbocycles. The quantitative estimate of drug-likeness (QED) is 0.717. The molecule has 2 aromatic rings. The van der Waals surface area contributed by atoms with Crippen molar-refractivity contribution in [1.82, 2.24) is 24.4 Å². The lowest BCUT2D eigenvalue weighted by Crippen LogP contribution is -2.32. The smallest absolute Gasteiger partial charge is 0.273 e. The van der Waals surface area contributed by atoms with E-state index in [0.29, 0.717) is 17.9 Å². The van der Waals surface area contributed by atoms with Gasteiger partial charge in [-0.05, 0) is 24.7 Å². The van der Waals surface area contributed by atoms with Crippen LogP contribution in [0.15, 0.2) is 18.6 Å². The summed E-state index contributed by atoms with van der Waals surface area (Å²) >= 11 is 0. The van der Waals surface area contributed by atoms with Crippen molar-refractivity contribution >= 4 is 5.91 Å². The molecule has 0 atom stereocenters. The van der Waals surface area contributed by atoms with E-state index in [-0.39, 0.29) is 16.7 Å². The summed E-state index contributed by atoms with van der Waals surface area (Å²) in [4.78, 5) is 28.1. The first-order valence-corrected chi connectivity index (χ1v) is 10.9. The predicted octanol–water partition coefficient (Wildman–Crippen LogP) is 3.94. The van der Waals surface area contributed by atoms with Crippen LogP contribution < -0.4 is 0 Å². The number of carbonyl (C=O) groups is 1. The van der Waals surface area contributed by atoms with Gasteiger partial charge in [0.1, 0.15) is 22.9 Å². The molecule has 7 nitrogen and oxygen atoms in total. The number of rotatable bonds is 6. The van der Waals surface area contributed by atoms with Crippen molar-refractivity contribution in [2.24, 2.45) is 5.41 Å². The van der Waals surface area contributed by atoms with Gasteiger partial charge in [-0.25, -0.2) is 9.97 Å². The Kier molecular flexibility index (Phi) is 6.60. The Balaban J connectivity index is 1.94. The van der Waals surface area contributed by atoms with Gasteiger partial charge in [-0.3, -0.25) is 9.78 Å². The van der Waals surface area contributed by atoms with Gasteiger partial charge in [0.15, 0.2) is 0 Å². The van der Waals surface area contributed by atoms with E-state index in [0.717, 1.165) is 50.5 Å². The molecule has 2 aromatic heterocycles. The fourth-order valence-corrected chi connectivity index (χ4v) is 3.92. The number of hydrogen-bond acceptors (Lipinski definition) is 5. The highest BCUT2D eigenvalue weighted by Gasteiger charge is 2.31. The largest absolute Gasteiger partial charge is 0.381 e. The summed E-state index contributed by atoms with van der Waals surface area (Å²) in [5.74, 6) is 0.906. The van der Waals surface area contributed by atoms with E-state index in [2.05, 4.69) is 48.4 Å². The Bertz CT molecular complexity index is 878. The third kappa shape index (κ3) is 5.06. The molecule has 1 aliphatic rings. The molecule has 3 rings (SSSR count). The first-order valence-electron chi connectivity index (χ1n) is 10.9. The number of imidazole rings is 1. The van der Waals surface area contributed by atoms with Crippen molar-refractivity contribution in [1.29, 1.82) is 0 Å². The molecule has 1 amide bonds. The minimum atomic E-state index is -0.114. The van der Waals surface area contributed by atoms with Crippen molar-refractivity contribution in [3.8, 4) is 11.4 Å². The Morgan fingerprint density at radius 2 is 1.90 bits per heavy atom. The number of amides is 1. The predicted molar refractivity (Wildman–Crippen MR) is 117 cm³/mol. The maximum absolute atomic E-state index is 12.6. The van der Waals surface area contributed by atoms with Crippen LogP contribution in [0.5, 0.6) is 0 Å². The lowest BCUT2D eigenvalue weighted by atomic mass is 9.82. The number of carbonyl (C=O) groups excluding carboxylic acids is 1. The van der Waals surface area contributed by atoms with Crippen LogP contribution >= 0.6 is 0 Å². The molecule has 1 saturated heterocycles. The molecular weight excluding hydrogens is 378 g/mol. The number of hydrogen-bond donors (Lipinski definition) is 0. The Morgan fingerprint density at radius 1 is 1.20 bits per heavy atom. The highest BCUT2D eigenvalue weighted by molar-refractivity contribution is 5.92. The maximum Gasteiger partial charge on any atom is 0.273 e. The van der Waals surface area contributed by atoms with Crippen LogP contribution in [0.1, 0.15) is 70.2 Å². The first-order chi connectivity index (χ1) is 14.1. The zero-order valence-electron chi connectivity index (χ0n) is 19.2. The molecule has 164 valence electrons. The van der Waals surface area contributed by atoms with Gasteiger partial charge >= 0.3 is 0 Å². The van der Waals surface area contributed by atoms with E-state index in [4.69, 9.17) is 9.72 Å². The molecule has 0 unspecified atom stereocenters. The zero-order chi connectivity index (χ0) is 21.9. The molecule has 3 heterocycles. The van der Waals surface area contributed by atoms with Crippen LogP contribution in [0.25, 0.3) is 11.4 Å². The average Bonchev–Trinajstić information content (AvgIpc) is 3.12. The molecular formula is C23H35N5O2. The zero-order valence-corrected chi connectivity index (χ0v) is 19.2. The molecule has 0 bridgehead atoms. The van der Waals surface area contributed by atoms with Gasteiger partial charge in [0.05, 0.1) is 12.4 Å². The highest BCUT2D eigenvalue weighted by Crippen LogP contribution is 2.34. The maximum atomic E-state index is 12.6. The van der Waals surface area contributed by atoms with Gasteiger partial charge in [-0.2, -0.15) is 0 Å². The van der Waals surface area contributed by atoms with Gasteiger partial charge in [0, 0.05) is 45.0 Å². The monoisotopic (exact) mass is 413 g/mol. The van der Waals surface area contributed by atoms with Crippen LogP contribution in [0, 0.1) is 5.41 Å². The van der Waals surface area contributed by atoms with Crippen molar-refractivity contribution in [3.63, 3.8) is 0 Å². The third-order valence-corrected chi connectivity index (χ3v) is 5.72. The van der Waals surface area contributed by atoms with Crippen molar-refractivity contribution in [2.45, 2.75) is 65.8 Å². The topological polar surface area (TPSA) is 73.1 Å². The molecule has 0 spiro atoms. The molecule has 0 radical (unpaired) electrons. The van der Waals surface area contributed by atoms with E-state index in [1.807, 2.05) is 6.92 Å². The van der Waals surface area contributed by atoms with Gasteiger partial charge in [0.25, 0.3) is 5.91 Å². The average molecular weight is 414 g/mol. The van der Waals surface area contributed by atoms with Crippen molar-refractivity contribution < 1.29 is 9.53 Å². The first kappa shape index (κ1) is 22.4. The third-order valence-electron chi connectivity index (χ3n) is 5.72. The molecule has 1 aliphatic heterocycles. The number of nitrogens with zero attached hydrogens (tertiary/aromatic N) is 5. The normalized spacial score (nSPS) is 16.5. The van der Waals surface area contributed by atoms with Crippen LogP contribution in [-0.2, 0) is 16.7 Å². The Morgan fingerprint density at radius 3 is 2.53 bits per heavy atom. The van der Waals surface area contributed by atoms with E-state index < -0.39 is 0 Å².